The highest BCUT2D eigenvalue weighted by atomic mass is 19.1. The van der Waals surface area contributed by atoms with Crippen molar-refractivity contribution in [3.63, 3.8) is 0 Å². The lowest BCUT2D eigenvalue weighted by Gasteiger charge is -2.17. The van der Waals surface area contributed by atoms with Crippen LogP contribution in [0, 0.1) is 23.4 Å². The summed E-state index contributed by atoms with van der Waals surface area (Å²) in [6, 6.07) is 0.693. The van der Waals surface area contributed by atoms with E-state index in [0.717, 1.165) is 25.7 Å². The monoisotopic (exact) mass is 243 g/mol. The second kappa shape index (κ2) is 5.08. The molecule has 0 saturated heterocycles. The second-order valence-electron chi connectivity index (χ2n) is 4.78. The van der Waals surface area contributed by atoms with E-state index in [0.29, 0.717) is 24.5 Å². The van der Waals surface area contributed by atoms with Crippen molar-refractivity contribution in [2.45, 2.75) is 38.1 Å². The molecule has 1 atom stereocenters. The summed E-state index contributed by atoms with van der Waals surface area (Å²) in [6.45, 7) is 0. The van der Waals surface area contributed by atoms with Crippen LogP contribution in [0.15, 0.2) is 12.1 Å². The van der Waals surface area contributed by atoms with Gasteiger partial charge in [0.05, 0.1) is 0 Å². The minimum absolute atomic E-state index is 0.182. The van der Waals surface area contributed by atoms with Crippen LogP contribution < -0.4 is 5.73 Å². The molecule has 0 heterocycles. The maximum absolute atomic E-state index is 13.5. The molecule has 1 aromatic carbocycles. The average Bonchev–Trinajstić information content (AvgIpc) is 2.68. The fourth-order valence-electron chi connectivity index (χ4n) is 2.63. The summed E-state index contributed by atoms with van der Waals surface area (Å²) in [5.41, 5.74) is 5.64. The number of hydrogen-bond acceptors (Lipinski definition) is 1. The molecular formula is C13H16F3N. The molecule has 1 saturated carbocycles. The zero-order chi connectivity index (χ0) is 12.4. The van der Waals surface area contributed by atoms with E-state index >= 15 is 0 Å². The highest BCUT2D eigenvalue weighted by Gasteiger charge is 2.23. The van der Waals surface area contributed by atoms with Crippen LogP contribution in [0.3, 0.4) is 0 Å². The molecule has 0 radical (unpaired) electrons. The van der Waals surface area contributed by atoms with Crippen molar-refractivity contribution in [2.24, 2.45) is 11.7 Å². The van der Waals surface area contributed by atoms with E-state index in [9.17, 15) is 13.2 Å². The van der Waals surface area contributed by atoms with E-state index in [1.165, 1.54) is 0 Å². The SMILES string of the molecule is NC(CC1CCCC1)c1c(F)cc(F)cc1F. The lowest BCUT2D eigenvalue weighted by atomic mass is 9.93. The summed E-state index contributed by atoms with van der Waals surface area (Å²) in [6.07, 6.45) is 5.02. The number of halogens is 3. The Labute approximate surface area is 98.8 Å². The van der Waals surface area contributed by atoms with Crippen LogP contribution in [0.5, 0.6) is 0 Å². The second-order valence-corrected chi connectivity index (χ2v) is 4.78. The Balaban J connectivity index is 2.15. The average molecular weight is 243 g/mol. The largest absolute Gasteiger partial charge is 0.324 e. The lowest BCUT2D eigenvalue weighted by molar-refractivity contribution is 0.422. The first-order chi connectivity index (χ1) is 8.08. The Morgan fingerprint density at radius 2 is 1.65 bits per heavy atom. The van der Waals surface area contributed by atoms with Crippen LogP contribution in [-0.4, -0.2) is 0 Å². The Bertz CT molecular complexity index is 377. The summed E-state index contributed by atoms with van der Waals surface area (Å²) < 4.78 is 39.7. The summed E-state index contributed by atoms with van der Waals surface area (Å²) in [5, 5.41) is 0. The van der Waals surface area contributed by atoms with Crippen molar-refractivity contribution >= 4 is 0 Å². The van der Waals surface area contributed by atoms with Crippen molar-refractivity contribution in [3.05, 3.63) is 35.1 Å². The fourth-order valence-corrected chi connectivity index (χ4v) is 2.63. The molecule has 4 heteroatoms. The molecule has 0 amide bonds. The lowest BCUT2D eigenvalue weighted by Crippen LogP contribution is -2.17. The third kappa shape index (κ3) is 2.80. The summed E-state index contributed by atoms with van der Waals surface area (Å²) in [4.78, 5) is 0. The van der Waals surface area contributed by atoms with Crippen LogP contribution in [0.1, 0.15) is 43.7 Å². The highest BCUT2D eigenvalue weighted by Crippen LogP contribution is 2.33. The molecule has 1 nitrogen and oxygen atoms in total. The van der Waals surface area contributed by atoms with Crippen molar-refractivity contribution in [3.8, 4) is 0 Å². The van der Waals surface area contributed by atoms with Crippen molar-refractivity contribution in [1.82, 2.24) is 0 Å². The van der Waals surface area contributed by atoms with Gasteiger partial charge in [-0.3, -0.25) is 0 Å². The van der Waals surface area contributed by atoms with E-state index in [2.05, 4.69) is 0 Å². The quantitative estimate of drug-likeness (QED) is 0.861. The summed E-state index contributed by atoms with van der Waals surface area (Å²) in [5.74, 6) is -2.23. The van der Waals surface area contributed by atoms with Gasteiger partial charge < -0.3 is 5.73 Å². The van der Waals surface area contributed by atoms with Gasteiger partial charge >= 0.3 is 0 Å². The molecule has 0 aromatic heterocycles. The van der Waals surface area contributed by atoms with Crippen LogP contribution in [-0.2, 0) is 0 Å². The molecule has 94 valence electrons. The van der Waals surface area contributed by atoms with E-state index in [1.807, 2.05) is 0 Å². The number of benzene rings is 1. The Hall–Kier alpha value is -1.03. The molecule has 1 unspecified atom stereocenters. The summed E-state index contributed by atoms with van der Waals surface area (Å²) in [7, 11) is 0. The topological polar surface area (TPSA) is 26.0 Å². The van der Waals surface area contributed by atoms with Gasteiger partial charge in [-0.1, -0.05) is 25.7 Å². The van der Waals surface area contributed by atoms with Gasteiger partial charge in [-0.25, -0.2) is 13.2 Å². The van der Waals surface area contributed by atoms with Crippen molar-refractivity contribution < 1.29 is 13.2 Å². The predicted molar refractivity (Wildman–Crippen MR) is 59.8 cm³/mol. The first-order valence-electron chi connectivity index (χ1n) is 5.98. The van der Waals surface area contributed by atoms with Gasteiger partial charge in [0.25, 0.3) is 0 Å². The van der Waals surface area contributed by atoms with Gasteiger partial charge in [-0.2, -0.15) is 0 Å². The number of rotatable bonds is 3. The maximum atomic E-state index is 13.5. The summed E-state index contributed by atoms with van der Waals surface area (Å²) >= 11 is 0. The molecule has 1 aromatic rings. The Morgan fingerprint density at radius 3 is 2.18 bits per heavy atom. The molecule has 2 N–H and O–H groups in total. The highest BCUT2D eigenvalue weighted by molar-refractivity contribution is 5.24. The van der Waals surface area contributed by atoms with Crippen LogP contribution in [0.2, 0.25) is 0 Å². The molecule has 0 aliphatic heterocycles. The van der Waals surface area contributed by atoms with E-state index in [1.54, 1.807) is 0 Å². The minimum Gasteiger partial charge on any atom is -0.324 e. The standard InChI is InChI=1S/C13H16F3N/c14-9-6-10(15)13(11(16)7-9)12(17)5-8-3-1-2-4-8/h6-8,12H,1-5,17H2. The predicted octanol–water partition coefficient (Wildman–Crippen LogP) is 3.68. The Morgan fingerprint density at radius 1 is 1.12 bits per heavy atom. The maximum Gasteiger partial charge on any atom is 0.133 e. The molecule has 1 aliphatic carbocycles. The fraction of sp³-hybridized carbons (Fsp3) is 0.538. The van der Waals surface area contributed by atoms with E-state index in [4.69, 9.17) is 5.73 Å². The van der Waals surface area contributed by atoms with Crippen LogP contribution >= 0.6 is 0 Å². The first-order valence-corrected chi connectivity index (χ1v) is 5.98. The first kappa shape index (κ1) is 12.4. The smallest absolute Gasteiger partial charge is 0.133 e. The molecule has 2 rings (SSSR count). The normalized spacial score (nSPS) is 18.6. The zero-order valence-corrected chi connectivity index (χ0v) is 9.56. The molecule has 1 fully saturated rings. The molecule has 0 spiro atoms. The van der Waals surface area contributed by atoms with Gasteiger partial charge in [0.1, 0.15) is 17.5 Å². The third-order valence-electron chi connectivity index (χ3n) is 3.48. The van der Waals surface area contributed by atoms with Crippen molar-refractivity contribution in [1.29, 1.82) is 0 Å². The van der Waals surface area contributed by atoms with Gasteiger partial charge in [0, 0.05) is 23.7 Å². The third-order valence-corrected chi connectivity index (χ3v) is 3.48. The van der Waals surface area contributed by atoms with Crippen molar-refractivity contribution in [2.75, 3.05) is 0 Å². The van der Waals surface area contributed by atoms with Gasteiger partial charge in [0.15, 0.2) is 0 Å². The molecule has 1 aliphatic rings. The van der Waals surface area contributed by atoms with Gasteiger partial charge in [-0.15, -0.1) is 0 Å². The number of nitrogens with two attached hydrogens (primary N) is 1. The van der Waals surface area contributed by atoms with E-state index in [-0.39, 0.29) is 5.56 Å². The van der Waals surface area contributed by atoms with E-state index < -0.39 is 23.5 Å². The zero-order valence-electron chi connectivity index (χ0n) is 9.56. The number of hydrogen-bond donors (Lipinski definition) is 1. The van der Waals surface area contributed by atoms with Gasteiger partial charge in [0.2, 0.25) is 0 Å². The molecule has 0 bridgehead atoms. The van der Waals surface area contributed by atoms with Gasteiger partial charge in [-0.05, 0) is 12.3 Å². The molecular weight excluding hydrogens is 227 g/mol. The molecule has 17 heavy (non-hydrogen) atoms. The van der Waals surface area contributed by atoms with Crippen LogP contribution in [0.25, 0.3) is 0 Å². The van der Waals surface area contributed by atoms with Crippen LogP contribution in [0.4, 0.5) is 13.2 Å². The Kier molecular flexibility index (Phi) is 3.72. The minimum atomic E-state index is -0.906.